The summed E-state index contributed by atoms with van der Waals surface area (Å²) in [7, 11) is 0. The monoisotopic (exact) mass is 378 g/mol. The van der Waals surface area contributed by atoms with E-state index in [9.17, 15) is 18.4 Å². The lowest BCUT2D eigenvalue weighted by Crippen LogP contribution is -2.37. The zero-order chi connectivity index (χ0) is 19.3. The van der Waals surface area contributed by atoms with Gasteiger partial charge in [0.1, 0.15) is 0 Å². The molecule has 2 N–H and O–H groups in total. The van der Waals surface area contributed by atoms with Gasteiger partial charge >= 0.3 is 0 Å². The number of amides is 2. The Balaban J connectivity index is 1.87. The van der Waals surface area contributed by atoms with Gasteiger partial charge in [-0.2, -0.15) is 0 Å². The molecule has 0 aliphatic heterocycles. The van der Waals surface area contributed by atoms with Gasteiger partial charge < -0.3 is 10.6 Å². The van der Waals surface area contributed by atoms with Crippen molar-refractivity contribution in [2.75, 3.05) is 11.9 Å². The van der Waals surface area contributed by atoms with E-state index < -0.39 is 16.9 Å². The first-order valence-electron chi connectivity index (χ1n) is 8.03. The second-order valence-electron chi connectivity index (χ2n) is 5.87. The number of thioether (sulfide) groups is 1. The standard InChI is InChI=1S/C19H20F2N2O2S/c1-11-5-4-6-12(2)18(11)23-17(24)10-22-19(25)13(3)26-14-7-8-15(20)16(21)9-14/h4-9,13H,10H2,1-3H3,(H,22,25)(H,23,24)/t13-/m0/s1. The number of carbonyl (C=O) groups is 2. The molecule has 0 aliphatic carbocycles. The fourth-order valence-corrected chi connectivity index (χ4v) is 3.23. The van der Waals surface area contributed by atoms with Gasteiger partial charge in [-0.1, -0.05) is 18.2 Å². The predicted molar refractivity (Wildman–Crippen MR) is 99.2 cm³/mol. The van der Waals surface area contributed by atoms with Gasteiger partial charge in [0.2, 0.25) is 11.8 Å². The van der Waals surface area contributed by atoms with Crippen LogP contribution < -0.4 is 10.6 Å². The molecule has 0 saturated carbocycles. The molecular formula is C19H20F2N2O2S. The zero-order valence-electron chi connectivity index (χ0n) is 14.7. The SMILES string of the molecule is Cc1cccc(C)c1NC(=O)CNC(=O)[C@H](C)Sc1ccc(F)c(F)c1. The summed E-state index contributed by atoms with van der Waals surface area (Å²) in [6.07, 6.45) is 0. The number of hydrogen-bond acceptors (Lipinski definition) is 3. The Hall–Kier alpha value is -2.41. The number of halogens is 2. The molecule has 0 heterocycles. The third-order valence-electron chi connectivity index (χ3n) is 3.74. The molecule has 26 heavy (non-hydrogen) atoms. The molecule has 4 nitrogen and oxygen atoms in total. The summed E-state index contributed by atoms with van der Waals surface area (Å²) in [5.74, 6) is -2.60. The normalized spacial score (nSPS) is 11.7. The smallest absolute Gasteiger partial charge is 0.243 e. The Morgan fingerprint density at radius 2 is 1.73 bits per heavy atom. The van der Waals surface area contributed by atoms with Crippen LogP contribution in [-0.2, 0) is 9.59 Å². The predicted octanol–water partition coefficient (Wildman–Crippen LogP) is 3.82. The van der Waals surface area contributed by atoms with E-state index in [1.165, 1.54) is 6.07 Å². The zero-order valence-corrected chi connectivity index (χ0v) is 15.5. The van der Waals surface area contributed by atoms with Gasteiger partial charge in [-0.15, -0.1) is 11.8 Å². The average molecular weight is 378 g/mol. The van der Waals surface area contributed by atoms with E-state index >= 15 is 0 Å². The van der Waals surface area contributed by atoms with E-state index in [2.05, 4.69) is 10.6 Å². The first kappa shape index (κ1) is 19.9. The molecule has 138 valence electrons. The van der Waals surface area contributed by atoms with Crippen LogP contribution in [0.4, 0.5) is 14.5 Å². The summed E-state index contributed by atoms with van der Waals surface area (Å²) < 4.78 is 26.1. The Morgan fingerprint density at radius 1 is 1.08 bits per heavy atom. The number of anilines is 1. The minimum atomic E-state index is -0.962. The number of rotatable bonds is 6. The van der Waals surface area contributed by atoms with Crippen molar-refractivity contribution in [3.8, 4) is 0 Å². The van der Waals surface area contributed by atoms with Gasteiger partial charge in [-0.3, -0.25) is 9.59 Å². The van der Waals surface area contributed by atoms with E-state index in [0.717, 1.165) is 40.7 Å². The van der Waals surface area contributed by atoms with Crippen LogP contribution >= 0.6 is 11.8 Å². The van der Waals surface area contributed by atoms with E-state index in [1.807, 2.05) is 32.0 Å². The van der Waals surface area contributed by atoms with Crippen molar-refractivity contribution in [2.24, 2.45) is 0 Å². The minimum absolute atomic E-state index is 0.171. The average Bonchev–Trinajstić information content (AvgIpc) is 2.59. The number of benzene rings is 2. The molecule has 0 fully saturated rings. The van der Waals surface area contributed by atoms with Crippen LogP contribution in [0.1, 0.15) is 18.1 Å². The molecule has 0 bridgehead atoms. The lowest BCUT2D eigenvalue weighted by Gasteiger charge is -2.14. The van der Waals surface area contributed by atoms with Crippen molar-refractivity contribution in [2.45, 2.75) is 30.9 Å². The van der Waals surface area contributed by atoms with Crippen molar-refractivity contribution in [1.82, 2.24) is 5.32 Å². The van der Waals surface area contributed by atoms with E-state index in [1.54, 1.807) is 6.92 Å². The second kappa shape index (κ2) is 8.80. The van der Waals surface area contributed by atoms with Gasteiger partial charge in [-0.25, -0.2) is 8.78 Å². The molecule has 2 rings (SSSR count). The lowest BCUT2D eigenvalue weighted by atomic mass is 10.1. The molecule has 0 spiro atoms. The number of hydrogen-bond donors (Lipinski definition) is 2. The fourth-order valence-electron chi connectivity index (χ4n) is 2.31. The van der Waals surface area contributed by atoms with Crippen LogP contribution in [0.2, 0.25) is 0 Å². The first-order chi connectivity index (χ1) is 12.3. The molecule has 0 aromatic heterocycles. The van der Waals surface area contributed by atoms with Crippen LogP contribution in [-0.4, -0.2) is 23.6 Å². The third-order valence-corrected chi connectivity index (χ3v) is 4.84. The number of carbonyl (C=O) groups excluding carboxylic acids is 2. The van der Waals surface area contributed by atoms with Gasteiger partial charge in [0.25, 0.3) is 0 Å². The maximum Gasteiger partial charge on any atom is 0.243 e. The highest BCUT2D eigenvalue weighted by atomic mass is 32.2. The van der Waals surface area contributed by atoms with E-state index in [0.29, 0.717) is 4.90 Å². The van der Waals surface area contributed by atoms with Crippen molar-refractivity contribution < 1.29 is 18.4 Å². The van der Waals surface area contributed by atoms with Crippen molar-refractivity contribution >= 4 is 29.3 Å². The lowest BCUT2D eigenvalue weighted by molar-refractivity contribution is -0.123. The maximum absolute atomic E-state index is 13.2. The van der Waals surface area contributed by atoms with Crippen molar-refractivity contribution in [3.63, 3.8) is 0 Å². The minimum Gasteiger partial charge on any atom is -0.346 e. The van der Waals surface area contributed by atoms with Crippen molar-refractivity contribution in [1.29, 1.82) is 0 Å². The van der Waals surface area contributed by atoms with Crippen LogP contribution in [0.5, 0.6) is 0 Å². The summed E-state index contributed by atoms with van der Waals surface area (Å²) >= 11 is 1.08. The maximum atomic E-state index is 13.2. The number of nitrogens with one attached hydrogen (secondary N) is 2. The Labute approximate surface area is 155 Å². The number of para-hydroxylation sites is 1. The Morgan fingerprint density at radius 3 is 2.35 bits per heavy atom. The molecule has 2 aromatic rings. The first-order valence-corrected chi connectivity index (χ1v) is 8.91. The van der Waals surface area contributed by atoms with Crippen LogP contribution in [0.3, 0.4) is 0 Å². The van der Waals surface area contributed by atoms with E-state index in [4.69, 9.17) is 0 Å². The molecule has 0 saturated heterocycles. The molecule has 0 aliphatic rings. The summed E-state index contributed by atoms with van der Waals surface area (Å²) in [6.45, 7) is 5.24. The van der Waals surface area contributed by atoms with Crippen molar-refractivity contribution in [3.05, 3.63) is 59.2 Å². The fraction of sp³-hybridized carbons (Fsp3) is 0.263. The highest BCUT2D eigenvalue weighted by Crippen LogP contribution is 2.25. The van der Waals surface area contributed by atoms with Gasteiger partial charge in [-0.05, 0) is 50.1 Å². The molecule has 0 unspecified atom stereocenters. The number of aryl methyl sites for hydroxylation is 2. The molecule has 2 amide bonds. The third kappa shape index (κ3) is 5.29. The highest BCUT2D eigenvalue weighted by Gasteiger charge is 2.16. The second-order valence-corrected chi connectivity index (χ2v) is 7.28. The summed E-state index contributed by atoms with van der Waals surface area (Å²) in [6, 6.07) is 9.14. The summed E-state index contributed by atoms with van der Waals surface area (Å²) in [5.41, 5.74) is 2.61. The van der Waals surface area contributed by atoms with Crippen LogP contribution in [0.25, 0.3) is 0 Å². The van der Waals surface area contributed by atoms with Gasteiger partial charge in [0, 0.05) is 10.6 Å². The van der Waals surface area contributed by atoms with Crippen LogP contribution in [0.15, 0.2) is 41.3 Å². The quantitative estimate of drug-likeness (QED) is 0.752. The molecule has 1 atom stereocenters. The van der Waals surface area contributed by atoms with Crippen LogP contribution in [0, 0.1) is 25.5 Å². The summed E-state index contributed by atoms with van der Waals surface area (Å²) in [5, 5.41) is 4.77. The largest absolute Gasteiger partial charge is 0.346 e. The summed E-state index contributed by atoms with van der Waals surface area (Å²) in [4.78, 5) is 24.6. The van der Waals surface area contributed by atoms with E-state index in [-0.39, 0.29) is 18.4 Å². The van der Waals surface area contributed by atoms with Gasteiger partial charge in [0.15, 0.2) is 11.6 Å². The van der Waals surface area contributed by atoms with Gasteiger partial charge in [0.05, 0.1) is 11.8 Å². The molecule has 2 aromatic carbocycles. The topological polar surface area (TPSA) is 58.2 Å². The Bertz CT molecular complexity index is 807. The highest BCUT2D eigenvalue weighted by molar-refractivity contribution is 8.00. The molecular weight excluding hydrogens is 358 g/mol. The molecule has 7 heteroatoms. The molecule has 0 radical (unpaired) electrons. The Kier molecular flexibility index (Phi) is 6.74.